The molecule has 1 saturated heterocycles. The minimum absolute atomic E-state index is 0.245. The molecule has 5 rings (SSSR count). The largest absolute Gasteiger partial charge is 0.364 e. The van der Waals surface area contributed by atoms with Crippen molar-refractivity contribution in [3.8, 4) is 0 Å². The van der Waals surface area contributed by atoms with Crippen molar-refractivity contribution in [2.24, 2.45) is 11.8 Å². The van der Waals surface area contributed by atoms with Gasteiger partial charge < -0.3 is 14.8 Å². The summed E-state index contributed by atoms with van der Waals surface area (Å²) in [5, 5.41) is 3.54. The fourth-order valence-corrected chi connectivity index (χ4v) is 4.02. The third-order valence-electron chi connectivity index (χ3n) is 5.86. The van der Waals surface area contributed by atoms with E-state index in [-0.39, 0.29) is 6.04 Å². The van der Waals surface area contributed by atoms with Gasteiger partial charge in [-0.15, -0.1) is 0 Å². The molecular formula is C19H26N6O. The zero-order valence-corrected chi connectivity index (χ0v) is 15.3. The standard InChI is InChI=1S/C19H26N6O/c1-2-25-15(9-12-3-4-12)23-16-17(20-11-21-18(16)25)22-14-7-8-24(10-14)19(26)13-5-6-13/h11-14H,2-10H2,1H3,(H,20,21,22)/t14-/m0/s1. The maximum Gasteiger partial charge on any atom is 0.225 e. The first-order valence-corrected chi connectivity index (χ1v) is 9.98. The van der Waals surface area contributed by atoms with Gasteiger partial charge in [-0.3, -0.25) is 4.79 Å². The molecule has 0 aromatic carbocycles. The number of likely N-dealkylation sites (tertiary alicyclic amines) is 1. The number of hydrogen-bond donors (Lipinski definition) is 1. The number of nitrogens with one attached hydrogen (secondary N) is 1. The van der Waals surface area contributed by atoms with Crippen LogP contribution < -0.4 is 5.32 Å². The number of aromatic nitrogens is 4. The first-order chi connectivity index (χ1) is 12.7. The number of carbonyl (C=O) groups is 1. The number of imidazole rings is 1. The zero-order valence-electron chi connectivity index (χ0n) is 15.3. The number of nitrogens with zero attached hydrogens (tertiary/aromatic N) is 5. The molecule has 1 amide bonds. The fraction of sp³-hybridized carbons (Fsp3) is 0.684. The average Bonchev–Trinajstić information content (AvgIpc) is 3.56. The molecule has 2 aromatic rings. The molecule has 3 heterocycles. The molecule has 7 heteroatoms. The molecule has 2 saturated carbocycles. The Bertz CT molecular complexity index is 838. The Morgan fingerprint density at radius 2 is 2.08 bits per heavy atom. The summed E-state index contributed by atoms with van der Waals surface area (Å²) in [7, 11) is 0. The molecule has 1 aliphatic heterocycles. The second-order valence-corrected chi connectivity index (χ2v) is 8.00. The predicted molar refractivity (Wildman–Crippen MR) is 98.8 cm³/mol. The van der Waals surface area contributed by atoms with Gasteiger partial charge in [0, 0.05) is 38.0 Å². The number of rotatable bonds is 6. The highest BCUT2D eigenvalue weighted by Gasteiger charge is 2.36. The third kappa shape index (κ3) is 2.93. The van der Waals surface area contributed by atoms with Gasteiger partial charge in [-0.05, 0) is 44.9 Å². The van der Waals surface area contributed by atoms with Crippen LogP contribution in [-0.2, 0) is 17.8 Å². The molecule has 0 spiro atoms. The fourth-order valence-electron chi connectivity index (χ4n) is 4.02. The second kappa shape index (κ2) is 6.21. The lowest BCUT2D eigenvalue weighted by Crippen LogP contribution is -2.32. The molecule has 3 aliphatic rings. The SMILES string of the molecule is CCn1c(CC2CC2)nc2c(N[C@H]3CCN(C(=O)C4CC4)C3)ncnc21. The molecule has 2 aromatic heterocycles. The number of amides is 1. The number of fused-ring (bicyclic) bond motifs is 1. The zero-order chi connectivity index (χ0) is 17.7. The molecule has 2 aliphatic carbocycles. The van der Waals surface area contributed by atoms with Gasteiger partial charge >= 0.3 is 0 Å². The molecule has 0 bridgehead atoms. The first kappa shape index (κ1) is 16.0. The lowest BCUT2D eigenvalue weighted by molar-refractivity contribution is -0.131. The summed E-state index contributed by atoms with van der Waals surface area (Å²) in [6.45, 7) is 4.63. The lowest BCUT2D eigenvalue weighted by Gasteiger charge is -2.17. The lowest BCUT2D eigenvalue weighted by atomic mass is 10.2. The number of carbonyl (C=O) groups excluding carboxylic acids is 1. The van der Waals surface area contributed by atoms with Crippen LogP contribution in [0.2, 0.25) is 0 Å². The molecule has 0 unspecified atom stereocenters. The number of hydrogen-bond acceptors (Lipinski definition) is 5. The summed E-state index contributed by atoms with van der Waals surface area (Å²) in [4.78, 5) is 28.1. The van der Waals surface area contributed by atoms with E-state index in [4.69, 9.17) is 4.98 Å². The molecule has 1 atom stereocenters. The van der Waals surface area contributed by atoms with Gasteiger partial charge in [0.2, 0.25) is 5.91 Å². The van der Waals surface area contributed by atoms with E-state index in [1.165, 1.54) is 12.8 Å². The van der Waals surface area contributed by atoms with Gasteiger partial charge in [0.15, 0.2) is 17.0 Å². The van der Waals surface area contributed by atoms with Crippen molar-refractivity contribution in [2.45, 2.75) is 58.0 Å². The van der Waals surface area contributed by atoms with Crippen LogP contribution >= 0.6 is 0 Å². The van der Waals surface area contributed by atoms with Gasteiger partial charge in [-0.25, -0.2) is 15.0 Å². The third-order valence-corrected chi connectivity index (χ3v) is 5.86. The van der Waals surface area contributed by atoms with Gasteiger partial charge in [0.25, 0.3) is 0 Å². The van der Waals surface area contributed by atoms with Gasteiger partial charge in [0.05, 0.1) is 0 Å². The van der Waals surface area contributed by atoms with Crippen LogP contribution in [0.4, 0.5) is 5.82 Å². The van der Waals surface area contributed by atoms with Crippen molar-refractivity contribution in [1.82, 2.24) is 24.4 Å². The molecule has 7 nitrogen and oxygen atoms in total. The van der Waals surface area contributed by atoms with Crippen molar-refractivity contribution in [3.05, 3.63) is 12.2 Å². The Morgan fingerprint density at radius 1 is 1.23 bits per heavy atom. The Hall–Kier alpha value is -2.18. The predicted octanol–water partition coefficient (Wildman–Crippen LogP) is 2.22. The van der Waals surface area contributed by atoms with E-state index in [1.54, 1.807) is 6.33 Å². The highest BCUT2D eigenvalue weighted by Crippen LogP contribution is 2.34. The van der Waals surface area contributed by atoms with E-state index in [2.05, 4.69) is 26.8 Å². The quantitative estimate of drug-likeness (QED) is 0.861. The van der Waals surface area contributed by atoms with E-state index in [1.807, 2.05) is 4.90 Å². The van der Waals surface area contributed by atoms with Gasteiger partial charge in [0.1, 0.15) is 12.2 Å². The maximum atomic E-state index is 12.3. The van der Waals surface area contributed by atoms with Crippen LogP contribution in [0.1, 0.15) is 44.9 Å². The maximum absolute atomic E-state index is 12.3. The average molecular weight is 354 g/mol. The summed E-state index contributed by atoms with van der Waals surface area (Å²) < 4.78 is 2.22. The van der Waals surface area contributed by atoms with Gasteiger partial charge in [-0.2, -0.15) is 0 Å². The van der Waals surface area contributed by atoms with E-state index < -0.39 is 0 Å². The number of anilines is 1. The Balaban J connectivity index is 1.37. The number of aryl methyl sites for hydroxylation is 1. The van der Waals surface area contributed by atoms with Crippen molar-refractivity contribution in [3.63, 3.8) is 0 Å². The Labute approximate surface area is 153 Å². The van der Waals surface area contributed by atoms with Crippen molar-refractivity contribution in [2.75, 3.05) is 18.4 Å². The van der Waals surface area contributed by atoms with Crippen molar-refractivity contribution >= 4 is 22.9 Å². The molecule has 0 radical (unpaired) electrons. The van der Waals surface area contributed by atoms with Crippen LogP contribution in [0.3, 0.4) is 0 Å². The van der Waals surface area contributed by atoms with E-state index >= 15 is 0 Å². The smallest absolute Gasteiger partial charge is 0.225 e. The summed E-state index contributed by atoms with van der Waals surface area (Å²) in [5.41, 5.74) is 1.79. The highest BCUT2D eigenvalue weighted by molar-refractivity contribution is 5.84. The van der Waals surface area contributed by atoms with Crippen LogP contribution in [0.15, 0.2) is 6.33 Å². The van der Waals surface area contributed by atoms with Crippen molar-refractivity contribution in [1.29, 1.82) is 0 Å². The molecule has 138 valence electrons. The second-order valence-electron chi connectivity index (χ2n) is 8.00. The summed E-state index contributed by atoms with van der Waals surface area (Å²) in [6, 6.07) is 0.245. The summed E-state index contributed by atoms with van der Waals surface area (Å²) >= 11 is 0. The Morgan fingerprint density at radius 3 is 2.81 bits per heavy atom. The van der Waals surface area contributed by atoms with Crippen LogP contribution in [0.25, 0.3) is 11.2 Å². The summed E-state index contributed by atoms with van der Waals surface area (Å²) in [6.07, 6.45) is 8.40. The molecule has 3 fully saturated rings. The monoisotopic (exact) mass is 354 g/mol. The normalized spacial score (nSPS) is 23.0. The molecule has 26 heavy (non-hydrogen) atoms. The van der Waals surface area contributed by atoms with E-state index in [9.17, 15) is 4.79 Å². The van der Waals surface area contributed by atoms with Crippen LogP contribution in [0.5, 0.6) is 0 Å². The molecule has 1 N–H and O–H groups in total. The van der Waals surface area contributed by atoms with Crippen molar-refractivity contribution < 1.29 is 4.79 Å². The van der Waals surface area contributed by atoms with Crippen LogP contribution in [-0.4, -0.2) is 49.5 Å². The topological polar surface area (TPSA) is 75.9 Å². The van der Waals surface area contributed by atoms with Crippen LogP contribution in [0, 0.1) is 11.8 Å². The highest BCUT2D eigenvalue weighted by atomic mass is 16.2. The first-order valence-electron chi connectivity index (χ1n) is 9.98. The van der Waals surface area contributed by atoms with E-state index in [0.29, 0.717) is 11.8 Å². The summed E-state index contributed by atoms with van der Waals surface area (Å²) in [5.74, 6) is 3.36. The van der Waals surface area contributed by atoms with E-state index in [0.717, 1.165) is 74.0 Å². The van der Waals surface area contributed by atoms with Gasteiger partial charge in [-0.1, -0.05) is 0 Å². The molecular weight excluding hydrogens is 328 g/mol. The minimum Gasteiger partial charge on any atom is -0.364 e. The minimum atomic E-state index is 0.245. The Kier molecular flexibility index (Phi) is 3.83.